The molecule has 0 N–H and O–H groups in total. The van der Waals surface area contributed by atoms with Crippen molar-refractivity contribution in [3.8, 4) is 22.4 Å². The topological polar surface area (TPSA) is 43.1 Å². The molecule has 28 heavy (non-hydrogen) atoms. The molecule has 0 spiro atoms. The number of fused-ring (bicyclic) bond motifs is 3. The minimum absolute atomic E-state index is 0.407. The van der Waals surface area contributed by atoms with Crippen LogP contribution >= 0.6 is 11.6 Å². The van der Waals surface area contributed by atoms with Crippen molar-refractivity contribution in [3.63, 3.8) is 0 Å². The lowest BCUT2D eigenvalue weighted by molar-refractivity contribution is 0.569. The van der Waals surface area contributed by atoms with Gasteiger partial charge in [0.05, 0.1) is 16.6 Å². The van der Waals surface area contributed by atoms with Crippen LogP contribution in [0.5, 0.6) is 0 Å². The van der Waals surface area contributed by atoms with E-state index in [1.165, 1.54) is 0 Å². The van der Waals surface area contributed by atoms with Crippen molar-refractivity contribution in [2.75, 3.05) is 0 Å². The number of hydrogen-bond donors (Lipinski definition) is 0. The van der Waals surface area contributed by atoms with Crippen LogP contribution in [0.4, 0.5) is 0 Å². The molecule has 2 heterocycles. The summed E-state index contributed by atoms with van der Waals surface area (Å²) in [6, 6.07) is 26.9. The molecule has 2 aromatic heterocycles. The lowest BCUT2D eigenvalue weighted by atomic mass is 9.98. The van der Waals surface area contributed by atoms with E-state index in [4.69, 9.17) is 21.0 Å². The summed E-state index contributed by atoms with van der Waals surface area (Å²) in [6.45, 7) is 0. The summed E-state index contributed by atoms with van der Waals surface area (Å²) in [7, 11) is 0. The first-order valence-electron chi connectivity index (χ1n) is 8.89. The smallest absolute Gasteiger partial charge is 0.346 e. The Morgan fingerprint density at radius 1 is 0.786 bits per heavy atom. The molecule has 134 valence electrons. The average molecular weight is 384 g/mol. The molecule has 0 saturated carbocycles. The number of benzene rings is 3. The van der Waals surface area contributed by atoms with Gasteiger partial charge in [-0.25, -0.2) is 9.78 Å². The third kappa shape index (κ3) is 2.77. The van der Waals surface area contributed by atoms with Crippen molar-refractivity contribution in [2.45, 2.75) is 0 Å². The third-order valence-corrected chi connectivity index (χ3v) is 5.01. The second-order valence-electron chi connectivity index (χ2n) is 6.54. The molecule has 0 aliphatic carbocycles. The molecule has 0 unspecified atom stereocenters. The van der Waals surface area contributed by atoms with Crippen molar-refractivity contribution in [3.05, 3.63) is 100 Å². The summed E-state index contributed by atoms with van der Waals surface area (Å²) in [6.07, 6.45) is 0. The molecule has 5 aromatic rings. The second-order valence-corrected chi connectivity index (χ2v) is 6.98. The van der Waals surface area contributed by atoms with Crippen LogP contribution in [0.15, 0.2) is 94.1 Å². The predicted octanol–water partition coefficient (Wildman–Crippen LogP) is 6.33. The highest BCUT2D eigenvalue weighted by molar-refractivity contribution is 6.31. The van der Waals surface area contributed by atoms with Crippen LogP contribution in [0, 0.1) is 0 Å². The number of rotatable bonds is 2. The highest BCUT2D eigenvalue weighted by atomic mass is 35.5. The summed E-state index contributed by atoms with van der Waals surface area (Å²) in [4.78, 5) is 17.7. The van der Waals surface area contributed by atoms with Gasteiger partial charge >= 0.3 is 5.63 Å². The van der Waals surface area contributed by atoms with Gasteiger partial charge in [-0.15, -0.1) is 0 Å². The minimum atomic E-state index is -0.407. The van der Waals surface area contributed by atoms with Crippen LogP contribution < -0.4 is 5.63 Å². The maximum atomic E-state index is 12.9. The van der Waals surface area contributed by atoms with Crippen LogP contribution in [-0.2, 0) is 0 Å². The molecule has 0 bridgehead atoms. The summed E-state index contributed by atoms with van der Waals surface area (Å²) in [5, 5.41) is 1.74. The highest BCUT2D eigenvalue weighted by Gasteiger charge is 2.17. The van der Waals surface area contributed by atoms with E-state index in [2.05, 4.69) is 0 Å². The zero-order valence-corrected chi connectivity index (χ0v) is 15.5. The fourth-order valence-corrected chi connectivity index (χ4v) is 3.65. The highest BCUT2D eigenvalue weighted by Crippen LogP contribution is 2.34. The van der Waals surface area contributed by atoms with E-state index in [1.54, 1.807) is 18.2 Å². The summed E-state index contributed by atoms with van der Waals surface area (Å²) >= 11 is 6.22. The summed E-state index contributed by atoms with van der Waals surface area (Å²) in [5.74, 6) is 0. The van der Waals surface area contributed by atoms with E-state index in [0.29, 0.717) is 21.5 Å². The Balaban J connectivity index is 1.98. The van der Waals surface area contributed by atoms with Gasteiger partial charge in [-0.1, -0.05) is 72.3 Å². The van der Waals surface area contributed by atoms with Crippen LogP contribution in [0.3, 0.4) is 0 Å². The fourth-order valence-electron chi connectivity index (χ4n) is 3.48. The van der Waals surface area contributed by atoms with Gasteiger partial charge in [0.2, 0.25) is 0 Å². The first-order valence-corrected chi connectivity index (χ1v) is 9.26. The lowest BCUT2D eigenvalue weighted by Crippen LogP contribution is -2.04. The van der Waals surface area contributed by atoms with Crippen molar-refractivity contribution < 1.29 is 4.42 Å². The molecular weight excluding hydrogens is 370 g/mol. The van der Waals surface area contributed by atoms with E-state index < -0.39 is 5.63 Å². The molecule has 0 amide bonds. The van der Waals surface area contributed by atoms with Gasteiger partial charge < -0.3 is 4.42 Å². The number of nitrogens with zero attached hydrogens (tertiary/aromatic N) is 1. The monoisotopic (exact) mass is 383 g/mol. The van der Waals surface area contributed by atoms with Crippen molar-refractivity contribution in [2.24, 2.45) is 0 Å². The first-order chi connectivity index (χ1) is 13.7. The van der Waals surface area contributed by atoms with E-state index in [0.717, 1.165) is 27.8 Å². The number of halogens is 1. The Hall–Kier alpha value is -3.43. The van der Waals surface area contributed by atoms with E-state index in [-0.39, 0.29) is 0 Å². The van der Waals surface area contributed by atoms with Crippen molar-refractivity contribution in [1.29, 1.82) is 0 Å². The quantitative estimate of drug-likeness (QED) is 0.264. The number of pyridine rings is 1. The first kappa shape index (κ1) is 16.7. The Bertz CT molecular complexity index is 1380. The van der Waals surface area contributed by atoms with Gasteiger partial charge in [0, 0.05) is 21.5 Å². The van der Waals surface area contributed by atoms with Crippen LogP contribution in [0.1, 0.15) is 0 Å². The Kier molecular flexibility index (Phi) is 3.96. The van der Waals surface area contributed by atoms with Crippen molar-refractivity contribution >= 4 is 33.5 Å². The molecule has 0 saturated heterocycles. The van der Waals surface area contributed by atoms with Gasteiger partial charge in [-0.2, -0.15) is 0 Å². The van der Waals surface area contributed by atoms with Gasteiger partial charge in [0.1, 0.15) is 5.58 Å². The zero-order valence-electron chi connectivity index (χ0n) is 14.7. The molecule has 3 nitrogen and oxygen atoms in total. The van der Waals surface area contributed by atoms with Crippen LogP contribution in [-0.4, -0.2) is 4.98 Å². The summed E-state index contributed by atoms with van der Waals surface area (Å²) < 4.78 is 5.58. The molecular formula is C24H14ClNO2. The van der Waals surface area contributed by atoms with Crippen molar-refractivity contribution in [1.82, 2.24) is 4.98 Å². The molecule has 0 aliphatic rings. The van der Waals surface area contributed by atoms with E-state index >= 15 is 0 Å². The number of aromatic nitrogens is 1. The van der Waals surface area contributed by atoms with Crippen LogP contribution in [0.2, 0.25) is 5.02 Å². The maximum absolute atomic E-state index is 12.9. The molecule has 0 fully saturated rings. The molecule has 0 radical (unpaired) electrons. The standard InChI is InChI=1S/C24H14ClNO2/c25-17-11-12-21-19(13-17)23-22(24(27)28-21)18(15-7-3-1-4-8-15)14-20(26-23)16-9-5-2-6-10-16/h1-14H. The largest absolute Gasteiger partial charge is 0.422 e. The maximum Gasteiger partial charge on any atom is 0.346 e. The van der Waals surface area contributed by atoms with Gasteiger partial charge in [-0.3, -0.25) is 0 Å². The predicted molar refractivity (Wildman–Crippen MR) is 114 cm³/mol. The molecule has 5 rings (SSSR count). The van der Waals surface area contributed by atoms with Gasteiger partial charge in [0.25, 0.3) is 0 Å². The zero-order chi connectivity index (χ0) is 19.1. The third-order valence-electron chi connectivity index (χ3n) is 4.78. The van der Waals surface area contributed by atoms with Crippen LogP contribution in [0.25, 0.3) is 44.3 Å². The molecule has 0 aliphatic heterocycles. The summed E-state index contributed by atoms with van der Waals surface area (Å²) in [5.41, 5.74) is 4.15. The Morgan fingerprint density at radius 3 is 2.18 bits per heavy atom. The van der Waals surface area contributed by atoms with Gasteiger partial charge in [0.15, 0.2) is 0 Å². The Labute approximate surface area is 165 Å². The van der Waals surface area contributed by atoms with E-state index in [1.807, 2.05) is 66.7 Å². The number of hydrogen-bond acceptors (Lipinski definition) is 3. The Morgan fingerprint density at radius 2 is 1.46 bits per heavy atom. The minimum Gasteiger partial charge on any atom is -0.422 e. The molecule has 4 heteroatoms. The SMILES string of the molecule is O=c1oc2ccc(Cl)cc2c2nc(-c3ccccc3)cc(-c3ccccc3)c12. The normalized spacial score (nSPS) is 11.2. The lowest BCUT2D eigenvalue weighted by Gasteiger charge is -2.11. The average Bonchev–Trinajstić information content (AvgIpc) is 2.75. The fraction of sp³-hybridized carbons (Fsp3) is 0. The van der Waals surface area contributed by atoms with Gasteiger partial charge in [-0.05, 0) is 29.8 Å². The molecule has 3 aromatic carbocycles. The second kappa shape index (κ2) is 6.63. The van der Waals surface area contributed by atoms with E-state index in [9.17, 15) is 4.79 Å². The molecule has 0 atom stereocenters.